The Morgan fingerprint density at radius 2 is 1.76 bits per heavy atom. The summed E-state index contributed by atoms with van der Waals surface area (Å²) >= 11 is 1.27. The van der Waals surface area contributed by atoms with Crippen molar-refractivity contribution in [3.63, 3.8) is 0 Å². The molecule has 0 bridgehead atoms. The van der Waals surface area contributed by atoms with Crippen LogP contribution in [0.25, 0.3) is 10.2 Å². The summed E-state index contributed by atoms with van der Waals surface area (Å²) in [4.78, 5) is 4.55. The molecule has 0 amide bonds. The van der Waals surface area contributed by atoms with Crippen LogP contribution >= 0.6 is 11.3 Å². The zero-order chi connectivity index (χ0) is 18.2. The van der Waals surface area contributed by atoms with E-state index in [1.165, 1.54) is 11.3 Å². The van der Waals surface area contributed by atoms with Crippen LogP contribution in [0.15, 0.2) is 47.4 Å². The molecular formula is C18H20N2O3S2. The van der Waals surface area contributed by atoms with Crippen LogP contribution in [0.1, 0.15) is 26.3 Å². The number of rotatable bonds is 4. The summed E-state index contributed by atoms with van der Waals surface area (Å²) in [6.07, 6.45) is 0. The Balaban J connectivity index is 1.88. The van der Waals surface area contributed by atoms with Gasteiger partial charge in [0.05, 0.1) is 22.2 Å². The Morgan fingerprint density at radius 1 is 1.08 bits per heavy atom. The van der Waals surface area contributed by atoms with Gasteiger partial charge in [-0.2, -0.15) is 0 Å². The molecule has 25 heavy (non-hydrogen) atoms. The number of hydrogen-bond donors (Lipinski definition) is 1. The molecule has 5 nitrogen and oxygen atoms in total. The minimum absolute atomic E-state index is 0.0260. The summed E-state index contributed by atoms with van der Waals surface area (Å²) in [5.41, 5.74) is 1.78. The second kappa shape index (κ2) is 6.31. The van der Waals surface area contributed by atoms with Gasteiger partial charge in [0.2, 0.25) is 0 Å². The minimum Gasteiger partial charge on any atom is -0.497 e. The summed E-state index contributed by atoms with van der Waals surface area (Å²) in [6, 6.07) is 12.4. The van der Waals surface area contributed by atoms with E-state index in [1.807, 2.05) is 18.2 Å². The first-order valence-corrected chi connectivity index (χ1v) is 10.1. The minimum atomic E-state index is -3.67. The lowest BCUT2D eigenvalue weighted by atomic mass is 9.87. The zero-order valence-electron chi connectivity index (χ0n) is 14.5. The van der Waals surface area contributed by atoms with E-state index in [0.29, 0.717) is 10.9 Å². The number of sulfonamides is 1. The first kappa shape index (κ1) is 17.7. The Labute approximate surface area is 151 Å². The fourth-order valence-corrected chi connectivity index (χ4v) is 4.51. The molecule has 0 aliphatic heterocycles. The van der Waals surface area contributed by atoms with Crippen LogP contribution in [0.5, 0.6) is 5.75 Å². The van der Waals surface area contributed by atoms with Gasteiger partial charge < -0.3 is 4.74 Å². The highest BCUT2D eigenvalue weighted by Crippen LogP contribution is 2.31. The van der Waals surface area contributed by atoms with Crippen molar-refractivity contribution in [3.8, 4) is 5.75 Å². The van der Waals surface area contributed by atoms with Crippen LogP contribution in [0.3, 0.4) is 0 Å². The number of hydrogen-bond acceptors (Lipinski definition) is 5. The molecule has 0 saturated carbocycles. The van der Waals surface area contributed by atoms with E-state index in [-0.39, 0.29) is 10.3 Å². The van der Waals surface area contributed by atoms with Crippen LogP contribution in [-0.4, -0.2) is 20.5 Å². The molecule has 0 atom stereocenters. The number of nitrogens with zero attached hydrogens (tertiary/aromatic N) is 1. The Hall–Kier alpha value is -2.12. The lowest BCUT2D eigenvalue weighted by molar-refractivity contribution is 0.415. The smallest absolute Gasteiger partial charge is 0.263 e. The van der Waals surface area contributed by atoms with Gasteiger partial charge in [-0.15, -0.1) is 0 Å². The Kier molecular flexibility index (Phi) is 4.47. The molecule has 0 radical (unpaired) electrons. The molecule has 1 N–H and O–H groups in total. The third kappa shape index (κ3) is 3.77. The van der Waals surface area contributed by atoms with Crippen molar-refractivity contribution in [2.45, 2.75) is 31.1 Å². The van der Waals surface area contributed by atoms with Crippen molar-refractivity contribution in [3.05, 3.63) is 48.0 Å². The lowest BCUT2D eigenvalue weighted by Crippen LogP contribution is -2.14. The molecule has 0 fully saturated rings. The summed E-state index contributed by atoms with van der Waals surface area (Å²) in [6.45, 7) is 6.26. The van der Waals surface area contributed by atoms with Gasteiger partial charge in [-0.1, -0.05) is 44.2 Å². The molecule has 132 valence electrons. The second-order valence-electron chi connectivity index (χ2n) is 6.73. The van der Waals surface area contributed by atoms with Crippen molar-refractivity contribution < 1.29 is 13.2 Å². The third-order valence-corrected chi connectivity index (χ3v) is 6.27. The SMILES string of the molecule is COc1ccc2nc(NS(=O)(=O)c3ccc(C(C)(C)C)cc3)sc2c1. The van der Waals surface area contributed by atoms with Crippen molar-refractivity contribution in [1.29, 1.82) is 0 Å². The van der Waals surface area contributed by atoms with Gasteiger partial charge in [-0.05, 0) is 41.3 Å². The topological polar surface area (TPSA) is 68.3 Å². The van der Waals surface area contributed by atoms with E-state index in [0.717, 1.165) is 15.8 Å². The molecule has 3 rings (SSSR count). The molecule has 1 heterocycles. The molecule has 0 saturated heterocycles. The summed E-state index contributed by atoms with van der Waals surface area (Å²) < 4.78 is 33.8. The third-order valence-electron chi connectivity index (χ3n) is 3.85. The largest absolute Gasteiger partial charge is 0.497 e. The van der Waals surface area contributed by atoms with Crippen LogP contribution in [-0.2, 0) is 15.4 Å². The van der Waals surface area contributed by atoms with E-state index in [4.69, 9.17) is 4.74 Å². The maximum atomic E-state index is 12.6. The van der Waals surface area contributed by atoms with E-state index in [1.54, 1.807) is 31.4 Å². The lowest BCUT2D eigenvalue weighted by Gasteiger charge is -2.19. The van der Waals surface area contributed by atoms with Gasteiger partial charge in [0.1, 0.15) is 5.75 Å². The van der Waals surface area contributed by atoms with Gasteiger partial charge in [-0.3, -0.25) is 4.72 Å². The first-order chi connectivity index (χ1) is 11.7. The van der Waals surface area contributed by atoms with Gasteiger partial charge in [-0.25, -0.2) is 13.4 Å². The summed E-state index contributed by atoms with van der Waals surface area (Å²) in [7, 11) is -2.08. The van der Waals surface area contributed by atoms with Crippen molar-refractivity contribution in [2.24, 2.45) is 0 Å². The van der Waals surface area contributed by atoms with Crippen molar-refractivity contribution >= 4 is 36.7 Å². The average molecular weight is 377 g/mol. The molecular weight excluding hydrogens is 356 g/mol. The maximum Gasteiger partial charge on any atom is 0.263 e. The highest BCUT2D eigenvalue weighted by molar-refractivity contribution is 7.93. The van der Waals surface area contributed by atoms with E-state index >= 15 is 0 Å². The molecule has 0 aliphatic rings. The normalized spacial score (nSPS) is 12.3. The molecule has 3 aromatic rings. The number of thiazole rings is 1. The van der Waals surface area contributed by atoms with Crippen molar-refractivity contribution in [2.75, 3.05) is 11.8 Å². The number of benzene rings is 2. The summed E-state index contributed by atoms with van der Waals surface area (Å²) in [5.74, 6) is 0.711. The highest BCUT2D eigenvalue weighted by atomic mass is 32.2. The molecule has 0 spiro atoms. The zero-order valence-corrected chi connectivity index (χ0v) is 16.2. The quantitative estimate of drug-likeness (QED) is 0.733. The Morgan fingerprint density at radius 3 is 2.36 bits per heavy atom. The fourth-order valence-electron chi connectivity index (χ4n) is 2.38. The molecule has 1 aromatic heterocycles. The predicted octanol–water partition coefficient (Wildman–Crippen LogP) is 4.40. The van der Waals surface area contributed by atoms with Crippen LogP contribution in [0.4, 0.5) is 5.13 Å². The monoisotopic (exact) mass is 376 g/mol. The number of ether oxygens (including phenoxy) is 1. The maximum absolute atomic E-state index is 12.6. The molecule has 0 unspecified atom stereocenters. The van der Waals surface area contributed by atoms with Crippen LogP contribution in [0.2, 0.25) is 0 Å². The fraction of sp³-hybridized carbons (Fsp3) is 0.278. The Bertz CT molecular complexity index is 1000. The number of methoxy groups -OCH3 is 1. The first-order valence-electron chi connectivity index (χ1n) is 7.77. The average Bonchev–Trinajstić information content (AvgIpc) is 2.94. The van der Waals surface area contributed by atoms with E-state index < -0.39 is 10.0 Å². The second-order valence-corrected chi connectivity index (χ2v) is 9.45. The number of fused-ring (bicyclic) bond motifs is 1. The van der Waals surface area contributed by atoms with Crippen LogP contribution in [0, 0.1) is 0 Å². The number of anilines is 1. The van der Waals surface area contributed by atoms with Gasteiger partial charge >= 0.3 is 0 Å². The van der Waals surface area contributed by atoms with Gasteiger partial charge in [0.15, 0.2) is 5.13 Å². The predicted molar refractivity (Wildman–Crippen MR) is 102 cm³/mol. The summed E-state index contributed by atoms with van der Waals surface area (Å²) in [5, 5.41) is 0.336. The molecule has 2 aromatic carbocycles. The van der Waals surface area contributed by atoms with Gasteiger partial charge in [0, 0.05) is 0 Å². The van der Waals surface area contributed by atoms with E-state index in [9.17, 15) is 8.42 Å². The van der Waals surface area contributed by atoms with E-state index in [2.05, 4.69) is 30.5 Å². The van der Waals surface area contributed by atoms with Crippen molar-refractivity contribution in [1.82, 2.24) is 4.98 Å². The van der Waals surface area contributed by atoms with Gasteiger partial charge in [0.25, 0.3) is 10.0 Å². The molecule has 0 aliphatic carbocycles. The number of aromatic nitrogens is 1. The highest BCUT2D eigenvalue weighted by Gasteiger charge is 2.19. The van der Waals surface area contributed by atoms with Crippen LogP contribution < -0.4 is 9.46 Å². The molecule has 7 heteroatoms. The number of nitrogens with one attached hydrogen (secondary N) is 1. The standard InChI is InChI=1S/C18H20N2O3S2/c1-18(2,3)12-5-8-14(9-6-12)25(21,22)20-17-19-15-10-7-13(23-4)11-16(15)24-17/h5-11H,1-4H3,(H,19,20).